The van der Waals surface area contributed by atoms with Gasteiger partial charge in [0, 0.05) is 38.3 Å². The Morgan fingerprint density at radius 1 is 1.21 bits per heavy atom. The number of morpholine rings is 1. The monoisotopic (exact) mass is 473 g/mol. The van der Waals surface area contributed by atoms with Crippen LogP contribution in [-0.2, 0) is 14.8 Å². The van der Waals surface area contributed by atoms with Crippen molar-refractivity contribution in [2.24, 2.45) is 5.92 Å². The van der Waals surface area contributed by atoms with Gasteiger partial charge in [0.1, 0.15) is 6.07 Å². The zero-order valence-electron chi connectivity index (χ0n) is 19.0. The van der Waals surface area contributed by atoms with Crippen LogP contribution in [0, 0.1) is 17.2 Å². The largest absolute Gasteiger partial charge is 0.419 e. The van der Waals surface area contributed by atoms with Gasteiger partial charge in [0.2, 0.25) is 27.5 Å². The summed E-state index contributed by atoms with van der Waals surface area (Å²) in [6.07, 6.45) is 2.84. The van der Waals surface area contributed by atoms with Crippen molar-refractivity contribution in [3.8, 4) is 17.5 Å². The first kappa shape index (κ1) is 23.7. The molecule has 33 heavy (non-hydrogen) atoms. The molecule has 2 fully saturated rings. The summed E-state index contributed by atoms with van der Waals surface area (Å²) in [7, 11) is -3.52. The average Bonchev–Trinajstić information content (AvgIpc) is 3.26. The van der Waals surface area contributed by atoms with Crippen molar-refractivity contribution < 1.29 is 17.6 Å². The summed E-state index contributed by atoms with van der Waals surface area (Å²) in [5, 5.41) is 12.6. The molecule has 2 saturated heterocycles. The maximum Gasteiger partial charge on any atom is 0.243 e. The molecular weight excluding hydrogens is 442 g/mol. The molecule has 0 radical (unpaired) electrons. The minimum Gasteiger partial charge on any atom is -0.419 e. The van der Waals surface area contributed by atoms with Crippen molar-refractivity contribution >= 4 is 15.9 Å². The molecule has 4 rings (SSSR count). The number of oxazole rings is 1. The lowest BCUT2D eigenvalue weighted by atomic mass is 10.0. The highest BCUT2D eigenvalue weighted by molar-refractivity contribution is 7.89. The molecule has 178 valence electrons. The number of nitriles is 1. The number of anilines is 1. The van der Waals surface area contributed by atoms with E-state index in [4.69, 9.17) is 9.15 Å². The summed E-state index contributed by atoms with van der Waals surface area (Å²) in [4.78, 5) is 6.89. The summed E-state index contributed by atoms with van der Waals surface area (Å²) >= 11 is 0. The van der Waals surface area contributed by atoms with Crippen molar-refractivity contribution in [1.82, 2.24) is 14.2 Å². The maximum absolute atomic E-state index is 13.0. The van der Waals surface area contributed by atoms with Gasteiger partial charge in [-0.15, -0.1) is 0 Å². The summed E-state index contributed by atoms with van der Waals surface area (Å²) in [6, 6.07) is 8.57. The van der Waals surface area contributed by atoms with Crippen molar-refractivity contribution in [3.63, 3.8) is 0 Å². The minimum atomic E-state index is -3.52. The van der Waals surface area contributed by atoms with E-state index in [0.29, 0.717) is 37.0 Å². The van der Waals surface area contributed by atoms with E-state index in [1.54, 1.807) is 28.6 Å². The van der Waals surface area contributed by atoms with E-state index >= 15 is 0 Å². The number of hydrogen-bond donors (Lipinski definition) is 1. The number of ether oxygens (including phenoxy) is 1. The average molecular weight is 474 g/mol. The molecule has 0 saturated carbocycles. The quantitative estimate of drug-likeness (QED) is 0.583. The zero-order valence-corrected chi connectivity index (χ0v) is 19.8. The van der Waals surface area contributed by atoms with Crippen LogP contribution in [-0.4, -0.2) is 75.1 Å². The third-order valence-electron chi connectivity index (χ3n) is 6.13. The summed E-state index contributed by atoms with van der Waals surface area (Å²) < 4.78 is 38.7. The Labute approximate surface area is 195 Å². The van der Waals surface area contributed by atoms with Crippen LogP contribution in [0.15, 0.2) is 33.6 Å². The van der Waals surface area contributed by atoms with E-state index in [1.165, 1.54) is 0 Å². The van der Waals surface area contributed by atoms with Gasteiger partial charge >= 0.3 is 0 Å². The number of aromatic nitrogens is 1. The third kappa shape index (κ3) is 5.73. The molecule has 0 bridgehead atoms. The molecule has 2 aromatic rings. The van der Waals surface area contributed by atoms with Crippen LogP contribution in [0.4, 0.5) is 5.88 Å². The first-order valence-electron chi connectivity index (χ1n) is 11.5. The Bertz CT molecular complexity index is 1070. The Kier molecular flexibility index (Phi) is 7.65. The van der Waals surface area contributed by atoms with Crippen LogP contribution < -0.4 is 5.32 Å². The lowest BCUT2D eigenvalue weighted by molar-refractivity contribution is 0.0378. The lowest BCUT2D eigenvalue weighted by Gasteiger charge is -2.30. The summed E-state index contributed by atoms with van der Waals surface area (Å²) in [5.41, 5.74) is 0.814. The van der Waals surface area contributed by atoms with Crippen molar-refractivity contribution in [2.45, 2.75) is 31.1 Å². The number of hydrogen-bond acceptors (Lipinski definition) is 8. The van der Waals surface area contributed by atoms with Crippen LogP contribution in [0.1, 0.15) is 31.9 Å². The van der Waals surface area contributed by atoms with E-state index in [-0.39, 0.29) is 16.5 Å². The molecule has 0 amide bonds. The number of nitrogens with zero attached hydrogens (tertiary/aromatic N) is 4. The molecule has 1 aromatic carbocycles. The molecule has 1 N–H and O–H groups in total. The highest BCUT2D eigenvalue weighted by atomic mass is 32.2. The van der Waals surface area contributed by atoms with Gasteiger partial charge in [-0.1, -0.05) is 6.92 Å². The van der Waals surface area contributed by atoms with Crippen LogP contribution in [0.2, 0.25) is 0 Å². The predicted octanol–water partition coefficient (Wildman–Crippen LogP) is 2.77. The Hall–Kier alpha value is -2.45. The number of piperidine rings is 1. The smallest absolute Gasteiger partial charge is 0.243 e. The van der Waals surface area contributed by atoms with E-state index in [2.05, 4.69) is 28.2 Å². The van der Waals surface area contributed by atoms with E-state index < -0.39 is 10.0 Å². The van der Waals surface area contributed by atoms with Gasteiger partial charge in [-0.25, -0.2) is 8.42 Å². The number of nitrogens with one attached hydrogen (secondary N) is 1. The highest BCUT2D eigenvalue weighted by Gasteiger charge is 2.28. The fourth-order valence-corrected chi connectivity index (χ4v) is 5.85. The second-order valence-electron chi connectivity index (χ2n) is 8.68. The van der Waals surface area contributed by atoms with Crippen LogP contribution in [0.5, 0.6) is 0 Å². The summed E-state index contributed by atoms with van der Waals surface area (Å²) in [5.74, 6) is 0.996. The normalized spacial score (nSPS) is 20.4. The molecule has 1 unspecified atom stereocenters. The topological polar surface area (TPSA) is 112 Å². The van der Waals surface area contributed by atoms with Crippen LogP contribution in [0.25, 0.3) is 11.5 Å². The standard InChI is InChI=1S/C23H31N5O4S/c1-18-4-2-11-28(17-18)33(29,30)20-7-5-19(6-8-20)22-26-21(16-24)23(32-22)25-9-3-10-27-12-14-31-15-13-27/h5-8,18,25H,2-4,9-15,17H2,1H3. The molecule has 3 heterocycles. The first-order valence-corrected chi connectivity index (χ1v) is 13.0. The molecule has 1 aromatic heterocycles. The minimum absolute atomic E-state index is 0.190. The Balaban J connectivity index is 1.39. The van der Waals surface area contributed by atoms with Crippen molar-refractivity contribution in [3.05, 3.63) is 30.0 Å². The summed E-state index contributed by atoms with van der Waals surface area (Å²) in [6.45, 7) is 8.22. The van der Waals surface area contributed by atoms with E-state index in [1.807, 2.05) is 0 Å². The van der Waals surface area contributed by atoms with Gasteiger partial charge in [-0.3, -0.25) is 4.90 Å². The number of benzene rings is 1. The molecule has 1 atom stereocenters. The first-order chi connectivity index (χ1) is 16.0. The molecule has 2 aliphatic heterocycles. The molecule has 2 aliphatic rings. The van der Waals surface area contributed by atoms with Gasteiger partial charge in [-0.05, 0) is 56.0 Å². The molecule has 0 aliphatic carbocycles. The van der Waals surface area contributed by atoms with Gasteiger partial charge < -0.3 is 14.5 Å². The number of sulfonamides is 1. The second-order valence-corrected chi connectivity index (χ2v) is 10.6. The van der Waals surface area contributed by atoms with Crippen molar-refractivity contribution in [2.75, 3.05) is 57.8 Å². The molecular formula is C23H31N5O4S. The van der Waals surface area contributed by atoms with Crippen LogP contribution in [0.3, 0.4) is 0 Å². The predicted molar refractivity (Wildman–Crippen MR) is 124 cm³/mol. The fraction of sp³-hybridized carbons (Fsp3) is 0.565. The van der Waals surface area contributed by atoms with Gasteiger partial charge in [0.05, 0.1) is 18.1 Å². The molecule has 9 nitrogen and oxygen atoms in total. The highest BCUT2D eigenvalue weighted by Crippen LogP contribution is 2.28. The third-order valence-corrected chi connectivity index (χ3v) is 8.01. The van der Waals surface area contributed by atoms with Crippen molar-refractivity contribution in [1.29, 1.82) is 5.26 Å². The van der Waals surface area contributed by atoms with Gasteiger partial charge in [0.15, 0.2) is 0 Å². The SMILES string of the molecule is CC1CCCN(S(=O)(=O)c2ccc(-c3nc(C#N)c(NCCCN4CCOCC4)o3)cc2)C1. The Morgan fingerprint density at radius 2 is 1.97 bits per heavy atom. The molecule has 0 spiro atoms. The zero-order chi connectivity index (χ0) is 23.3. The van der Waals surface area contributed by atoms with Gasteiger partial charge in [0.25, 0.3) is 0 Å². The van der Waals surface area contributed by atoms with E-state index in [0.717, 1.165) is 52.1 Å². The Morgan fingerprint density at radius 3 is 2.67 bits per heavy atom. The second kappa shape index (κ2) is 10.7. The number of rotatable bonds is 8. The fourth-order valence-electron chi connectivity index (χ4n) is 4.25. The maximum atomic E-state index is 13.0. The van der Waals surface area contributed by atoms with E-state index in [9.17, 15) is 13.7 Å². The molecule has 10 heteroatoms. The lowest BCUT2D eigenvalue weighted by Crippen LogP contribution is -2.39. The van der Waals surface area contributed by atoms with Gasteiger partial charge in [-0.2, -0.15) is 14.6 Å². The van der Waals surface area contributed by atoms with Crippen LogP contribution >= 0.6 is 0 Å².